The molecule has 0 aliphatic rings. The zero-order valence-electron chi connectivity index (χ0n) is 12.3. The minimum Gasteiger partial charge on any atom is -0.341 e. The second-order valence-electron chi connectivity index (χ2n) is 4.74. The number of hydrogen-bond donors (Lipinski definition) is 1. The van der Waals surface area contributed by atoms with Crippen LogP contribution in [0.15, 0.2) is 42.5 Å². The van der Waals surface area contributed by atoms with E-state index >= 15 is 0 Å². The largest absolute Gasteiger partial charge is 0.341 e. The van der Waals surface area contributed by atoms with Crippen LogP contribution in [0, 0.1) is 23.5 Å². The van der Waals surface area contributed by atoms with Gasteiger partial charge in [-0.2, -0.15) is 0 Å². The third-order valence-corrected chi connectivity index (χ3v) is 3.04. The lowest BCUT2D eigenvalue weighted by atomic mass is 10.1. The highest BCUT2D eigenvalue weighted by atomic mass is 19.1. The number of rotatable bonds is 3. The van der Waals surface area contributed by atoms with Crippen LogP contribution in [0.5, 0.6) is 0 Å². The van der Waals surface area contributed by atoms with Crippen LogP contribution in [0.1, 0.15) is 33.2 Å². The molecule has 1 N–H and O–H groups in total. The van der Waals surface area contributed by atoms with Crippen molar-refractivity contribution in [3.8, 4) is 11.8 Å². The first kappa shape index (κ1) is 16.4. The Morgan fingerprint density at radius 3 is 2.39 bits per heavy atom. The molecular weight excluding hydrogens is 300 g/mol. The molecule has 0 heterocycles. The molecule has 0 unspecified atom stereocenters. The number of Topliss-reactive ketones (excluding diaryl/α,β-unsaturated/α-hetero) is 1. The van der Waals surface area contributed by atoms with Crippen LogP contribution in [0.3, 0.4) is 0 Å². The molecule has 2 aromatic carbocycles. The summed E-state index contributed by atoms with van der Waals surface area (Å²) < 4.78 is 26.2. The summed E-state index contributed by atoms with van der Waals surface area (Å²) in [4.78, 5) is 22.9. The normalized spacial score (nSPS) is 9.70. The van der Waals surface area contributed by atoms with Gasteiger partial charge in [-0.3, -0.25) is 9.59 Å². The van der Waals surface area contributed by atoms with Gasteiger partial charge in [0.2, 0.25) is 0 Å². The Bertz CT molecular complexity index is 802. The zero-order valence-corrected chi connectivity index (χ0v) is 12.3. The highest BCUT2D eigenvalue weighted by Crippen LogP contribution is 2.09. The molecular formula is C18H13F2NO2. The first-order chi connectivity index (χ1) is 11.0. The van der Waals surface area contributed by atoms with Crippen molar-refractivity contribution in [2.24, 2.45) is 0 Å². The Hall–Kier alpha value is -3.00. The Kier molecular flexibility index (Phi) is 5.21. The Morgan fingerprint density at radius 1 is 1.09 bits per heavy atom. The predicted molar refractivity (Wildman–Crippen MR) is 82.0 cm³/mol. The standard InChI is InChI=1S/C18H13F2NO2/c1-12(22)14-6-4-13(5-7-14)3-2-10-21-18(23)16-9-8-15(19)11-17(16)20/h4-9,11H,10H2,1H3,(H,21,23). The molecule has 0 aliphatic carbocycles. The quantitative estimate of drug-likeness (QED) is 0.699. The molecule has 0 bridgehead atoms. The van der Waals surface area contributed by atoms with Crippen molar-refractivity contribution in [3.63, 3.8) is 0 Å². The maximum atomic E-state index is 13.4. The summed E-state index contributed by atoms with van der Waals surface area (Å²) in [5, 5.41) is 2.43. The molecule has 0 saturated heterocycles. The monoisotopic (exact) mass is 313 g/mol. The van der Waals surface area contributed by atoms with Crippen LogP contribution in [0.4, 0.5) is 8.78 Å². The van der Waals surface area contributed by atoms with Gasteiger partial charge < -0.3 is 5.32 Å². The fourth-order valence-electron chi connectivity index (χ4n) is 1.83. The number of nitrogens with one attached hydrogen (secondary N) is 1. The van der Waals surface area contributed by atoms with Crippen LogP contribution in [-0.4, -0.2) is 18.2 Å². The number of carbonyl (C=O) groups is 2. The maximum Gasteiger partial charge on any atom is 0.255 e. The second kappa shape index (κ2) is 7.32. The maximum absolute atomic E-state index is 13.4. The van der Waals surface area contributed by atoms with E-state index in [0.29, 0.717) is 17.2 Å². The van der Waals surface area contributed by atoms with Crippen LogP contribution < -0.4 is 5.32 Å². The molecule has 2 rings (SSSR count). The molecule has 116 valence electrons. The fourth-order valence-corrected chi connectivity index (χ4v) is 1.83. The fraction of sp³-hybridized carbons (Fsp3) is 0.111. The third-order valence-electron chi connectivity index (χ3n) is 3.04. The van der Waals surface area contributed by atoms with Gasteiger partial charge in [0.05, 0.1) is 12.1 Å². The Morgan fingerprint density at radius 2 is 1.78 bits per heavy atom. The summed E-state index contributed by atoms with van der Waals surface area (Å²) in [7, 11) is 0. The topological polar surface area (TPSA) is 46.2 Å². The van der Waals surface area contributed by atoms with E-state index in [1.54, 1.807) is 24.3 Å². The Labute approximate surface area is 132 Å². The average molecular weight is 313 g/mol. The smallest absolute Gasteiger partial charge is 0.255 e. The van der Waals surface area contributed by atoms with E-state index in [1.807, 2.05) is 0 Å². The van der Waals surface area contributed by atoms with Gasteiger partial charge in [0.15, 0.2) is 5.78 Å². The van der Waals surface area contributed by atoms with Crippen molar-refractivity contribution < 1.29 is 18.4 Å². The van der Waals surface area contributed by atoms with Crippen molar-refractivity contribution in [2.45, 2.75) is 6.92 Å². The number of halogens is 2. The molecule has 5 heteroatoms. The minimum absolute atomic E-state index is 0.0180. The van der Waals surface area contributed by atoms with E-state index in [-0.39, 0.29) is 17.9 Å². The summed E-state index contributed by atoms with van der Waals surface area (Å²) in [5.41, 5.74) is 1.05. The van der Waals surface area contributed by atoms with E-state index in [4.69, 9.17) is 0 Å². The molecule has 0 saturated carbocycles. The molecule has 0 aromatic heterocycles. The summed E-state index contributed by atoms with van der Waals surface area (Å²) in [5.74, 6) is 3.17. The number of amides is 1. The lowest BCUT2D eigenvalue weighted by Crippen LogP contribution is -2.24. The van der Waals surface area contributed by atoms with E-state index < -0.39 is 17.5 Å². The molecule has 1 amide bonds. The van der Waals surface area contributed by atoms with E-state index in [9.17, 15) is 18.4 Å². The average Bonchev–Trinajstić information content (AvgIpc) is 2.51. The number of benzene rings is 2. The Balaban J connectivity index is 1.94. The molecule has 0 fully saturated rings. The zero-order chi connectivity index (χ0) is 16.8. The van der Waals surface area contributed by atoms with E-state index in [2.05, 4.69) is 17.2 Å². The van der Waals surface area contributed by atoms with Gasteiger partial charge in [0.1, 0.15) is 11.6 Å². The SMILES string of the molecule is CC(=O)c1ccc(C#CCNC(=O)c2ccc(F)cc2F)cc1. The van der Waals surface area contributed by atoms with Crippen LogP contribution >= 0.6 is 0 Å². The van der Waals surface area contributed by atoms with Gasteiger partial charge >= 0.3 is 0 Å². The van der Waals surface area contributed by atoms with Gasteiger partial charge in [0.25, 0.3) is 5.91 Å². The van der Waals surface area contributed by atoms with E-state index in [0.717, 1.165) is 12.1 Å². The van der Waals surface area contributed by atoms with Crippen LogP contribution in [0.2, 0.25) is 0 Å². The first-order valence-corrected chi connectivity index (χ1v) is 6.80. The number of hydrogen-bond acceptors (Lipinski definition) is 2. The van der Waals surface area contributed by atoms with Crippen molar-refractivity contribution in [1.82, 2.24) is 5.32 Å². The van der Waals surface area contributed by atoms with Crippen molar-refractivity contribution in [3.05, 3.63) is 70.8 Å². The molecule has 0 radical (unpaired) electrons. The van der Waals surface area contributed by atoms with Crippen molar-refractivity contribution in [2.75, 3.05) is 6.54 Å². The van der Waals surface area contributed by atoms with Crippen LogP contribution in [-0.2, 0) is 0 Å². The summed E-state index contributed by atoms with van der Waals surface area (Å²) in [6.07, 6.45) is 0. The predicted octanol–water partition coefficient (Wildman–Crippen LogP) is 2.95. The van der Waals surface area contributed by atoms with E-state index in [1.165, 1.54) is 6.92 Å². The molecule has 0 spiro atoms. The van der Waals surface area contributed by atoms with Crippen molar-refractivity contribution in [1.29, 1.82) is 0 Å². The van der Waals surface area contributed by atoms with Crippen LogP contribution in [0.25, 0.3) is 0 Å². The lowest BCUT2D eigenvalue weighted by molar-refractivity contribution is 0.0953. The molecule has 0 atom stereocenters. The summed E-state index contributed by atoms with van der Waals surface area (Å²) in [6, 6.07) is 9.47. The van der Waals surface area contributed by atoms with Gasteiger partial charge in [0, 0.05) is 17.2 Å². The summed E-state index contributed by atoms with van der Waals surface area (Å²) in [6.45, 7) is 1.49. The highest BCUT2D eigenvalue weighted by Gasteiger charge is 2.11. The molecule has 23 heavy (non-hydrogen) atoms. The lowest BCUT2D eigenvalue weighted by Gasteiger charge is -2.02. The minimum atomic E-state index is -0.921. The van der Waals surface area contributed by atoms with Crippen molar-refractivity contribution >= 4 is 11.7 Å². The third kappa shape index (κ3) is 4.48. The first-order valence-electron chi connectivity index (χ1n) is 6.80. The molecule has 0 aliphatic heterocycles. The number of carbonyl (C=O) groups excluding carboxylic acids is 2. The van der Waals surface area contributed by atoms with Gasteiger partial charge in [-0.25, -0.2) is 8.78 Å². The van der Waals surface area contributed by atoms with Gasteiger partial charge in [-0.15, -0.1) is 0 Å². The summed E-state index contributed by atoms with van der Waals surface area (Å²) >= 11 is 0. The molecule has 2 aromatic rings. The highest BCUT2D eigenvalue weighted by molar-refractivity contribution is 5.94. The van der Waals surface area contributed by atoms with Gasteiger partial charge in [-0.05, 0) is 31.2 Å². The second-order valence-corrected chi connectivity index (χ2v) is 4.74. The molecule has 3 nitrogen and oxygen atoms in total. The van der Waals surface area contributed by atoms with Gasteiger partial charge in [-0.1, -0.05) is 24.0 Å². The number of ketones is 1.